The predicted octanol–water partition coefficient (Wildman–Crippen LogP) is 6.39. The summed E-state index contributed by atoms with van der Waals surface area (Å²) in [5.41, 5.74) is 4.59. The highest BCUT2D eigenvalue weighted by Gasteiger charge is 2.17. The van der Waals surface area contributed by atoms with Crippen LogP contribution in [0.3, 0.4) is 0 Å². The number of halogens is 2. The average Bonchev–Trinajstić information content (AvgIpc) is 2.70. The van der Waals surface area contributed by atoms with E-state index in [2.05, 4.69) is 6.07 Å². The summed E-state index contributed by atoms with van der Waals surface area (Å²) in [6, 6.07) is 16.8. The molecule has 0 heterocycles. The first-order valence-electron chi connectivity index (χ1n) is 9.67. The van der Waals surface area contributed by atoms with Gasteiger partial charge in [0.25, 0.3) is 0 Å². The maximum absolute atomic E-state index is 13.8. The number of carbonyl (C=O) groups is 1. The molecule has 0 saturated heterocycles. The van der Waals surface area contributed by atoms with Crippen molar-refractivity contribution in [1.29, 1.82) is 0 Å². The van der Waals surface area contributed by atoms with E-state index in [1.807, 2.05) is 26.0 Å². The number of hydrogen-bond acceptors (Lipinski definition) is 2. The first-order valence-corrected chi connectivity index (χ1v) is 9.67. The number of benzene rings is 3. The Bertz CT molecular complexity index is 960. The van der Waals surface area contributed by atoms with Crippen LogP contribution in [0.4, 0.5) is 8.78 Å². The van der Waals surface area contributed by atoms with Crippen molar-refractivity contribution >= 4 is 6.29 Å². The molecule has 0 amide bonds. The van der Waals surface area contributed by atoms with E-state index in [0.717, 1.165) is 23.5 Å². The Kier molecular flexibility index (Phi) is 6.76. The van der Waals surface area contributed by atoms with Gasteiger partial charge in [0.2, 0.25) is 0 Å². The monoisotopic (exact) mass is 394 g/mol. The molecule has 4 heteroatoms. The fourth-order valence-electron chi connectivity index (χ4n) is 3.40. The third-order valence-corrected chi connectivity index (χ3v) is 5.14. The lowest BCUT2D eigenvalue weighted by atomic mass is 9.86. The third kappa shape index (κ3) is 5.50. The normalized spacial score (nSPS) is 11.9. The van der Waals surface area contributed by atoms with Crippen molar-refractivity contribution in [3.8, 4) is 5.75 Å². The molecule has 0 bridgehead atoms. The third-order valence-electron chi connectivity index (χ3n) is 5.14. The molecule has 0 aliphatic heterocycles. The van der Waals surface area contributed by atoms with Gasteiger partial charge in [-0.1, -0.05) is 18.2 Å². The van der Waals surface area contributed by atoms with Crippen LogP contribution in [0.15, 0.2) is 60.7 Å². The standard InChI is InChI=1S/C25H24F2O2/c1-17-5-8-20(12-18(17)2)25(21-13-22(26)15-23(27)14-21)4-3-11-29-24-9-6-19(16-28)7-10-24/h5-10,12-16,25H,3-4,11H2,1-2H3/t25-/m0/s1. The molecule has 0 radical (unpaired) electrons. The summed E-state index contributed by atoms with van der Waals surface area (Å²) in [4.78, 5) is 10.7. The fraction of sp³-hybridized carbons (Fsp3) is 0.240. The number of ether oxygens (including phenoxy) is 1. The maximum atomic E-state index is 13.8. The quantitative estimate of drug-likeness (QED) is 0.327. The van der Waals surface area contributed by atoms with Crippen LogP contribution >= 0.6 is 0 Å². The Morgan fingerprint density at radius 2 is 1.55 bits per heavy atom. The second-order valence-electron chi connectivity index (χ2n) is 7.28. The van der Waals surface area contributed by atoms with Crippen molar-refractivity contribution in [1.82, 2.24) is 0 Å². The molecule has 3 aromatic rings. The highest BCUT2D eigenvalue weighted by molar-refractivity contribution is 5.74. The van der Waals surface area contributed by atoms with Crippen molar-refractivity contribution < 1.29 is 18.3 Å². The summed E-state index contributed by atoms with van der Waals surface area (Å²) in [7, 11) is 0. The van der Waals surface area contributed by atoms with Gasteiger partial charge in [-0.3, -0.25) is 4.79 Å². The van der Waals surface area contributed by atoms with E-state index in [-0.39, 0.29) is 5.92 Å². The zero-order valence-corrected chi connectivity index (χ0v) is 16.6. The van der Waals surface area contributed by atoms with E-state index in [9.17, 15) is 13.6 Å². The summed E-state index contributed by atoms with van der Waals surface area (Å²) in [6.45, 7) is 4.55. The van der Waals surface area contributed by atoms with Crippen molar-refractivity contribution in [3.63, 3.8) is 0 Å². The Balaban J connectivity index is 1.74. The number of aldehydes is 1. The lowest BCUT2D eigenvalue weighted by molar-refractivity contribution is 0.112. The van der Waals surface area contributed by atoms with E-state index in [4.69, 9.17) is 4.74 Å². The van der Waals surface area contributed by atoms with Crippen LogP contribution in [-0.4, -0.2) is 12.9 Å². The molecule has 1 atom stereocenters. The summed E-state index contributed by atoms with van der Waals surface area (Å²) >= 11 is 0. The molecular formula is C25H24F2O2. The lowest BCUT2D eigenvalue weighted by Crippen LogP contribution is -2.06. The lowest BCUT2D eigenvalue weighted by Gasteiger charge is -2.20. The van der Waals surface area contributed by atoms with E-state index < -0.39 is 11.6 Å². The minimum Gasteiger partial charge on any atom is -0.494 e. The van der Waals surface area contributed by atoms with Gasteiger partial charge in [-0.05, 0) is 85.3 Å². The van der Waals surface area contributed by atoms with Crippen LogP contribution < -0.4 is 4.74 Å². The van der Waals surface area contributed by atoms with Gasteiger partial charge in [-0.2, -0.15) is 0 Å². The molecule has 29 heavy (non-hydrogen) atoms. The molecule has 0 spiro atoms. The molecule has 3 aromatic carbocycles. The van der Waals surface area contributed by atoms with Gasteiger partial charge in [0.15, 0.2) is 0 Å². The van der Waals surface area contributed by atoms with E-state index in [1.54, 1.807) is 24.3 Å². The molecule has 0 aromatic heterocycles. The van der Waals surface area contributed by atoms with Gasteiger partial charge in [-0.25, -0.2) is 8.78 Å². The number of aryl methyl sites for hydroxylation is 2. The maximum Gasteiger partial charge on any atom is 0.150 e. The Morgan fingerprint density at radius 3 is 2.17 bits per heavy atom. The van der Waals surface area contributed by atoms with Crippen LogP contribution in [0.2, 0.25) is 0 Å². The van der Waals surface area contributed by atoms with Crippen molar-refractivity contribution in [2.45, 2.75) is 32.6 Å². The topological polar surface area (TPSA) is 26.3 Å². The second kappa shape index (κ2) is 9.46. The first kappa shape index (κ1) is 20.7. The fourth-order valence-corrected chi connectivity index (χ4v) is 3.40. The van der Waals surface area contributed by atoms with Gasteiger partial charge >= 0.3 is 0 Å². The first-order chi connectivity index (χ1) is 14.0. The van der Waals surface area contributed by atoms with Gasteiger partial charge in [0.1, 0.15) is 23.7 Å². The molecule has 0 aliphatic carbocycles. The number of hydrogen-bond donors (Lipinski definition) is 0. The number of rotatable bonds is 8. The second-order valence-corrected chi connectivity index (χ2v) is 7.28. The van der Waals surface area contributed by atoms with Gasteiger partial charge in [-0.15, -0.1) is 0 Å². The van der Waals surface area contributed by atoms with Gasteiger partial charge in [0, 0.05) is 17.5 Å². The van der Waals surface area contributed by atoms with Crippen LogP contribution in [-0.2, 0) is 0 Å². The molecular weight excluding hydrogens is 370 g/mol. The average molecular weight is 394 g/mol. The van der Waals surface area contributed by atoms with Crippen LogP contribution in [0.25, 0.3) is 0 Å². The minimum atomic E-state index is -0.569. The Morgan fingerprint density at radius 1 is 0.862 bits per heavy atom. The van der Waals surface area contributed by atoms with Gasteiger partial charge in [0.05, 0.1) is 6.61 Å². The molecule has 0 fully saturated rings. The predicted molar refractivity (Wildman–Crippen MR) is 111 cm³/mol. The molecule has 2 nitrogen and oxygen atoms in total. The van der Waals surface area contributed by atoms with Crippen molar-refractivity contribution in [2.75, 3.05) is 6.61 Å². The molecule has 3 rings (SSSR count). The van der Waals surface area contributed by atoms with Crippen molar-refractivity contribution in [2.24, 2.45) is 0 Å². The smallest absolute Gasteiger partial charge is 0.150 e. The van der Waals surface area contributed by atoms with E-state index >= 15 is 0 Å². The molecule has 0 N–H and O–H groups in total. The zero-order valence-electron chi connectivity index (χ0n) is 16.6. The Labute approximate surface area is 170 Å². The summed E-state index contributed by atoms with van der Waals surface area (Å²) in [5.74, 6) is -0.573. The van der Waals surface area contributed by atoms with Crippen molar-refractivity contribution in [3.05, 3.63) is 100 Å². The van der Waals surface area contributed by atoms with Crippen LogP contribution in [0.5, 0.6) is 5.75 Å². The summed E-state index contributed by atoms with van der Waals surface area (Å²) < 4.78 is 33.4. The molecule has 0 unspecified atom stereocenters. The molecule has 150 valence electrons. The molecule has 0 saturated carbocycles. The number of carbonyl (C=O) groups excluding carboxylic acids is 1. The largest absolute Gasteiger partial charge is 0.494 e. The van der Waals surface area contributed by atoms with Gasteiger partial charge < -0.3 is 4.74 Å². The summed E-state index contributed by atoms with van der Waals surface area (Å²) in [5, 5.41) is 0. The highest BCUT2D eigenvalue weighted by Crippen LogP contribution is 2.31. The summed E-state index contributed by atoms with van der Waals surface area (Å²) in [6.07, 6.45) is 2.19. The van der Waals surface area contributed by atoms with E-state index in [0.29, 0.717) is 36.3 Å². The Hall–Kier alpha value is -3.01. The zero-order chi connectivity index (χ0) is 20.8. The van der Waals surface area contributed by atoms with Crippen LogP contribution in [0.1, 0.15) is 51.4 Å². The highest BCUT2D eigenvalue weighted by atomic mass is 19.1. The minimum absolute atomic E-state index is 0.125. The van der Waals surface area contributed by atoms with E-state index in [1.165, 1.54) is 17.7 Å². The van der Waals surface area contributed by atoms with Crippen LogP contribution in [0, 0.1) is 25.5 Å². The molecule has 0 aliphatic rings. The SMILES string of the molecule is Cc1ccc([C@H](CCCOc2ccc(C=O)cc2)c2cc(F)cc(F)c2)cc1C.